The van der Waals surface area contributed by atoms with Crippen LogP contribution in [-0.2, 0) is 0 Å². The quantitative estimate of drug-likeness (QED) is 0.246. The zero-order chi connectivity index (χ0) is 14.6. The van der Waals surface area contributed by atoms with Crippen LogP contribution in [0, 0.1) is 5.41 Å². The Morgan fingerprint density at radius 3 is 1.63 bits per heavy atom. The van der Waals surface area contributed by atoms with Crippen molar-refractivity contribution in [3.8, 4) is 0 Å². The Hall–Kier alpha value is 0.290. The zero-order valence-corrected chi connectivity index (χ0v) is 14.7. The van der Waals surface area contributed by atoms with Gasteiger partial charge in [-0.25, -0.2) is 0 Å². The molecule has 1 heteroatoms. The molecule has 0 saturated heterocycles. The molecule has 0 bridgehead atoms. The molecule has 0 aromatic carbocycles. The van der Waals surface area contributed by atoms with E-state index in [1.165, 1.54) is 70.6 Å². The number of halogens is 1. The van der Waals surface area contributed by atoms with Crippen molar-refractivity contribution in [2.45, 2.75) is 110 Å². The lowest BCUT2D eigenvalue weighted by molar-refractivity contribution is 0.293. The fraction of sp³-hybridized carbons (Fsp3) is 1.00. The number of alkyl halides is 1. The van der Waals surface area contributed by atoms with Gasteiger partial charge in [0.05, 0.1) is 0 Å². The molecule has 1 atom stereocenters. The molecule has 0 aliphatic heterocycles. The largest absolute Gasteiger partial charge is 0.123 e. The lowest BCUT2D eigenvalue weighted by atomic mass is 9.82. The van der Waals surface area contributed by atoms with Gasteiger partial charge in [0, 0.05) is 5.38 Å². The second-order valence-electron chi connectivity index (χ2n) is 7.08. The molecule has 19 heavy (non-hydrogen) atoms. The average molecular weight is 289 g/mol. The Balaban J connectivity index is 3.26. The topological polar surface area (TPSA) is 0 Å². The minimum atomic E-state index is 0.318. The van der Waals surface area contributed by atoms with Crippen LogP contribution >= 0.6 is 11.6 Å². The third-order valence-corrected chi connectivity index (χ3v) is 4.20. The second kappa shape index (κ2) is 12.1. The van der Waals surface area contributed by atoms with Crippen molar-refractivity contribution < 1.29 is 0 Å². The maximum absolute atomic E-state index is 6.10. The van der Waals surface area contributed by atoms with Crippen LogP contribution in [0.1, 0.15) is 105 Å². The van der Waals surface area contributed by atoms with Gasteiger partial charge in [-0.2, -0.15) is 0 Å². The lowest BCUT2D eigenvalue weighted by Gasteiger charge is -2.25. The number of unbranched alkanes of at least 4 members (excludes halogenated alkanes) is 9. The first-order valence-corrected chi connectivity index (χ1v) is 9.05. The van der Waals surface area contributed by atoms with E-state index < -0.39 is 0 Å². The molecule has 116 valence electrons. The summed E-state index contributed by atoms with van der Waals surface area (Å²) in [5.74, 6) is 0. The molecule has 1 unspecified atom stereocenters. The number of hydrogen-bond donors (Lipinski definition) is 0. The normalized spacial score (nSPS) is 13.7. The van der Waals surface area contributed by atoms with E-state index in [0.717, 1.165) is 6.42 Å². The summed E-state index contributed by atoms with van der Waals surface area (Å²) in [6, 6.07) is 0. The van der Waals surface area contributed by atoms with Gasteiger partial charge in [-0.1, -0.05) is 85.0 Å². The van der Waals surface area contributed by atoms with Gasteiger partial charge in [0.25, 0.3) is 0 Å². The third kappa shape index (κ3) is 14.5. The minimum absolute atomic E-state index is 0.318. The molecule has 0 radical (unpaired) electrons. The number of hydrogen-bond acceptors (Lipinski definition) is 0. The van der Waals surface area contributed by atoms with Crippen molar-refractivity contribution in [1.82, 2.24) is 0 Å². The Morgan fingerprint density at radius 2 is 1.21 bits per heavy atom. The van der Waals surface area contributed by atoms with E-state index in [1.54, 1.807) is 0 Å². The molecule has 0 aliphatic carbocycles. The molecule has 0 saturated carbocycles. The standard InChI is InChI=1S/C18H37Cl/c1-5-6-7-8-9-10-11-12-13-14-15-18(3,4)16-17(2)19/h17H,5-16H2,1-4H3. The first-order chi connectivity index (χ1) is 8.98. The monoisotopic (exact) mass is 288 g/mol. The van der Waals surface area contributed by atoms with Crippen molar-refractivity contribution in [1.29, 1.82) is 0 Å². The van der Waals surface area contributed by atoms with Gasteiger partial charge < -0.3 is 0 Å². The molecule has 0 fully saturated rings. The van der Waals surface area contributed by atoms with Crippen molar-refractivity contribution in [3.05, 3.63) is 0 Å². The van der Waals surface area contributed by atoms with Gasteiger partial charge >= 0.3 is 0 Å². The van der Waals surface area contributed by atoms with E-state index in [1.807, 2.05) is 0 Å². The van der Waals surface area contributed by atoms with Crippen LogP contribution in [0.25, 0.3) is 0 Å². The summed E-state index contributed by atoms with van der Waals surface area (Å²) in [6.45, 7) is 9.12. The summed E-state index contributed by atoms with van der Waals surface area (Å²) >= 11 is 6.10. The van der Waals surface area contributed by atoms with Crippen LogP contribution in [0.3, 0.4) is 0 Å². The Labute approximate surface area is 127 Å². The highest BCUT2D eigenvalue weighted by Gasteiger charge is 2.19. The molecule has 0 amide bonds. The van der Waals surface area contributed by atoms with Crippen LogP contribution in [0.5, 0.6) is 0 Å². The highest BCUT2D eigenvalue weighted by molar-refractivity contribution is 6.20. The molecule has 0 aromatic rings. The fourth-order valence-corrected chi connectivity index (χ4v) is 3.37. The second-order valence-corrected chi connectivity index (χ2v) is 7.83. The highest BCUT2D eigenvalue weighted by Crippen LogP contribution is 2.30. The summed E-state index contributed by atoms with van der Waals surface area (Å²) in [6.07, 6.45) is 16.7. The van der Waals surface area contributed by atoms with Gasteiger partial charge in [-0.3, -0.25) is 0 Å². The Bertz CT molecular complexity index is 184. The summed E-state index contributed by atoms with van der Waals surface area (Å²) in [5, 5.41) is 0.318. The van der Waals surface area contributed by atoms with E-state index in [2.05, 4.69) is 27.7 Å². The summed E-state index contributed by atoms with van der Waals surface area (Å²) in [7, 11) is 0. The maximum Gasteiger partial charge on any atom is 0.0312 e. The maximum atomic E-state index is 6.10. The predicted octanol–water partition coefficient (Wildman–Crippen LogP) is 7.34. The van der Waals surface area contributed by atoms with Crippen molar-refractivity contribution in [3.63, 3.8) is 0 Å². The van der Waals surface area contributed by atoms with Gasteiger partial charge in [-0.05, 0) is 25.2 Å². The van der Waals surface area contributed by atoms with E-state index in [-0.39, 0.29) is 0 Å². The zero-order valence-electron chi connectivity index (χ0n) is 13.9. The van der Waals surface area contributed by atoms with Crippen LogP contribution in [0.4, 0.5) is 0 Å². The molecule has 0 rings (SSSR count). The summed E-state index contributed by atoms with van der Waals surface area (Å²) < 4.78 is 0. The molecule has 0 nitrogen and oxygen atoms in total. The minimum Gasteiger partial charge on any atom is -0.123 e. The molecule has 0 spiro atoms. The van der Waals surface area contributed by atoms with Gasteiger partial charge in [0.1, 0.15) is 0 Å². The lowest BCUT2D eigenvalue weighted by Crippen LogP contribution is -2.15. The first kappa shape index (κ1) is 19.3. The Morgan fingerprint density at radius 1 is 0.789 bits per heavy atom. The van der Waals surface area contributed by atoms with Crippen LogP contribution in [0.15, 0.2) is 0 Å². The molecule has 0 aliphatic rings. The predicted molar refractivity (Wildman–Crippen MR) is 90.2 cm³/mol. The SMILES string of the molecule is CCCCCCCCCCCCC(C)(C)CC(C)Cl. The number of rotatable bonds is 13. The van der Waals surface area contributed by atoms with Crippen molar-refractivity contribution in [2.75, 3.05) is 0 Å². The van der Waals surface area contributed by atoms with Crippen molar-refractivity contribution in [2.24, 2.45) is 5.41 Å². The van der Waals surface area contributed by atoms with Crippen LogP contribution < -0.4 is 0 Å². The van der Waals surface area contributed by atoms with Gasteiger partial charge in [0.15, 0.2) is 0 Å². The first-order valence-electron chi connectivity index (χ1n) is 8.62. The van der Waals surface area contributed by atoms with Gasteiger partial charge in [-0.15, -0.1) is 11.6 Å². The molecule has 0 N–H and O–H groups in total. The molecule has 0 aromatic heterocycles. The third-order valence-electron chi connectivity index (χ3n) is 4.04. The summed E-state index contributed by atoms with van der Waals surface area (Å²) in [4.78, 5) is 0. The van der Waals surface area contributed by atoms with Crippen LogP contribution in [-0.4, -0.2) is 5.38 Å². The molecule has 0 heterocycles. The van der Waals surface area contributed by atoms with E-state index >= 15 is 0 Å². The molecular formula is C18H37Cl. The highest BCUT2D eigenvalue weighted by atomic mass is 35.5. The van der Waals surface area contributed by atoms with Crippen LogP contribution in [0.2, 0.25) is 0 Å². The van der Waals surface area contributed by atoms with E-state index in [4.69, 9.17) is 11.6 Å². The fourth-order valence-electron chi connectivity index (χ4n) is 2.95. The van der Waals surface area contributed by atoms with E-state index in [0.29, 0.717) is 10.8 Å². The Kier molecular flexibility index (Phi) is 12.2. The molecular weight excluding hydrogens is 252 g/mol. The van der Waals surface area contributed by atoms with Crippen molar-refractivity contribution >= 4 is 11.6 Å². The summed E-state index contributed by atoms with van der Waals surface area (Å²) in [5.41, 5.74) is 0.432. The van der Waals surface area contributed by atoms with Gasteiger partial charge in [0.2, 0.25) is 0 Å². The van der Waals surface area contributed by atoms with E-state index in [9.17, 15) is 0 Å². The average Bonchev–Trinajstić information content (AvgIpc) is 2.30. The smallest absolute Gasteiger partial charge is 0.0312 e.